The fourth-order valence-electron chi connectivity index (χ4n) is 3.09. The molecule has 1 aliphatic rings. The van der Waals surface area contributed by atoms with Crippen LogP contribution in [0, 0.1) is 13.8 Å². The van der Waals surface area contributed by atoms with Crippen LogP contribution in [0.15, 0.2) is 48.5 Å². The van der Waals surface area contributed by atoms with E-state index in [0.29, 0.717) is 36.0 Å². The van der Waals surface area contributed by atoms with Gasteiger partial charge in [0, 0.05) is 29.4 Å². The van der Waals surface area contributed by atoms with Crippen molar-refractivity contribution in [2.45, 2.75) is 20.3 Å². The van der Waals surface area contributed by atoms with Crippen LogP contribution in [0.1, 0.15) is 28.2 Å². The molecule has 0 unspecified atom stereocenters. The summed E-state index contributed by atoms with van der Waals surface area (Å²) in [7, 11) is 0. The fraction of sp³-hybridized carbons (Fsp3) is 0.238. The minimum absolute atomic E-state index is 0.176. The van der Waals surface area contributed by atoms with Crippen molar-refractivity contribution in [1.29, 1.82) is 0 Å². The van der Waals surface area contributed by atoms with E-state index in [1.54, 1.807) is 18.2 Å². The van der Waals surface area contributed by atoms with Crippen LogP contribution >= 0.6 is 0 Å². The smallest absolute Gasteiger partial charge is 0.255 e. The molecule has 138 valence electrons. The molecule has 1 amide bonds. The molecule has 6 heteroatoms. The number of benzene rings is 2. The first-order valence-corrected chi connectivity index (χ1v) is 8.95. The molecule has 3 aromatic rings. The number of nitrogens with one attached hydrogen (secondary N) is 1. The number of carbonyl (C=O) groups is 1. The van der Waals surface area contributed by atoms with Crippen LogP contribution < -0.4 is 14.8 Å². The molecule has 0 atom stereocenters. The second kappa shape index (κ2) is 7.15. The van der Waals surface area contributed by atoms with Crippen molar-refractivity contribution in [3.63, 3.8) is 0 Å². The van der Waals surface area contributed by atoms with Crippen LogP contribution in [0.4, 0.5) is 5.69 Å². The van der Waals surface area contributed by atoms with Crippen molar-refractivity contribution in [3.05, 3.63) is 65.5 Å². The van der Waals surface area contributed by atoms with Crippen LogP contribution in [0.3, 0.4) is 0 Å². The van der Waals surface area contributed by atoms with Crippen molar-refractivity contribution in [2.75, 3.05) is 18.5 Å². The van der Waals surface area contributed by atoms with Crippen LogP contribution in [0.25, 0.3) is 5.69 Å². The largest absolute Gasteiger partial charge is 0.490 e. The SMILES string of the molecule is Cc1cc(C)n(-c2ccc(C(=O)Nc3ccc4c(c3)OCCCO4)cc2)n1. The van der Waals surface area contributed by atoms with Gasteiger partial charge in [-0.3, -0.25) is 4.79 Å². The molecule has 0 saturated carbocycles. The topological polar surface area (TPSA) is 65.4 Å². The minimum Gasteiger partial charge on any atom is -0.490 e. The Labute approximate surface area is 157 Å². The van der Waals surface area contributed by atoms with Gasteiger partial charge in [-0.1, -0.05) is 0 Å². The zero-order valence-electron chi connectivity index (χ0n) is 15.4. The number of fused-ring (bicyclic) bond motifs is 1. The second-order valence-corrected chi connectivity index (χ2v) is 6.55. The van der Waals surface area contributed by atoms with Gasteiger partial charge in [-0.05, 0) is 56.3 Å². The number of aromatic nitrogens is 2. The van der Waals surface area contributed by atoms with Gasteiger partial charge >= 0.3 is 0 Å². The summed E-state index contributed by atoms with van der Waals surface area (Å²) in [4.78, 5) is 12.6. The Morgan fingerprint density at radius 3 is 2.44 bits per heavy atom. The van der Waals surface area contributed by atoms with Gasteiger partial charge in [0.2, 0.25) is 0 Å². The Morgan fingerprint density at radius 1 is 1.00 bits per heavy atom. The Morgan fingerprint density at radius 2 is 1.74 bits per heavy atom. The van der Waals surface area contributed by atoms with Gasteiger partial charge in [0.15, 0.2) is 11.5 Å². The molecule has 0 fully saturated rings. The Bertz CT molecular complexity index is 977. The fourth-order valence-corrected chi connectivity index (χ4v) is 3.09. The predicted octanol–water partition coefficient (Wildman–Crippen LogP) is 3.90. The molecule has 1 aromatic heterocycles. The third-order valence-corrected chi connectivity index (χ3v) is 4.39. The molecule has 6 nitrogen and oxygen atoms in total. The maximum absolute atomic E-state index is 12.6. The van der Waals surface area contributed by atoms with Crippen molar-refractivity contribution < 1.29 is 14.3 Å². The van der Waals surface area contributed by atoms with Gasteiger partial charge in [0.05, 0.1) is 24.6 Å². The monoisotopic (exact) mass is 363 g/mol. The lowest BCUT2D eigenvalue weighted by molar-refractivity contribution is 0.102. The van der Waals surface area contributed by atoms with E-state index in [1.807, 2.05) is 48.9 Å². The van der Waals surface area contributed by atoms with E-state index < -0.39 is 0 Å². The summed E-state index contributed by atoms with van der Waals surface area (Å²) in [6, 6.07) is 14.8. The predicted molar refractivity (Wildman–Crippen MR) is 103 cm³/mol. The first-order chi connectivity index (χ1) is 13.1. The first kappa shape index (κ1) is 17.1. The summed E-state index contributed by atoms with van der Waals surface area (Å²) in [5.74, 6) is 1.19. The lowest BCUT2D eigenvalue weighted by atomic mass is 10.2. The number of rotatable bonds is 3. The van der Waals surface area contributed by atoms with Gasteiger partial charge < -0.3 is 14.8 Å². The van der Waals surface area contributed by atoms with E-state index >= 15 is 0 Å². The highest BCUT2D eigenvalue weighted by Crippen LogP contribution is 2.32. The standard InChI is InChI=1S/C21H21N3O3/c1-14-12-15(2)24(23-14)18-7-4-16(5-8-18)21(25)22-17-6-9-19-20(13-17)27-11-3-10-26-19/h4-9,12-13H,3,10-11H2,1-2H3,(H,22,25). The molecule has 0 radical (unpaired) electrons. The molecule has 0 bridgehead atoms. The summed E-state index contributed by atoms with van der Waals surface area (Å²) in [6.07, 6.45) is 0.845. The zero-order valence-corrected chi connectivity index (χ0v) is 15.4. The van der Waals surface area contributed by atoms with Crippen LogP contribution in [-0.4, -0.2) is 28.9 Å². The van der Waals surface area contributed by atoms with Gasteiger partial charge in [0.25, 0.3) is 5.91 Å². The maximum atomic E-state index is 12.6. The molecule has 0 spiro atoms. The Kier molecular flexibility index (Phi) is 4.54. The number of hydrogen-bond donors (Lipinski definition) is 1. The highest BCUT2D eigenvalue weighted by atomic mass is 16.5. The van der Waals surface area contributed by atoms with Crippen molar-refractivity contribution in [2.24, 2.45) is 0 Å². The molecule has 1 aliphatic heterocycles. The van der Waals surface area contributed by atoms with E-state index in [-0.39, 0.29) is 5.91 Å². The average Bonchev–Trinajstić information content (AvgIpc) is 2.86. The van der Waals surface area contributed by atoms with Crippen molar-refractivity contribution >= 4 is 11.6 Å². The zero-order chi connectivity index (χ0) is 18.8. The molecule has 2 aromatic carbocycles. The summed E-state index contributed by atoms with van der Waals surface area (Å²) >= 11 is 0. The van der Waals surface area contributed by atoms with E-state index in [9.17, 15) is 4.79 Å². The van der Waals surface area contributed by atoms with Crippen molar-refractivity contribution in [1.82, 2.24) is 9.78 Å². The first-order valence-electron chi connectivity index (χ1n) is 8.95. The highest BCUT2D eigenvalue weighted by molar-refractivity contribution is 6.04. The molecule has 2 heterocycles. The number of nitrogens with zero attached hydrogens (tertiary/aromatic N) is 2. The number of carbonyl (C=O) groups excluding carboxylic acids is 1. The Hall–Kier alpha value is -3.28. The molecular formula is C21H21N3O3. The number of hydrogen-bond acceptors (Lipinski definition) is 4. The van der Waals surface area contributed by atoms with E-state index in [4.69, 9.17) is 9.47 Å². The molecule has 27 heavy (non-hydrogen) atoms. The lowest BCUT2D eigenvalue weighted by Gasteiger charge is -2.11. The minimum atomic E-state index is -0.176. The van der Waals surface area contributed by atoms with Crippen LogP contribution in [0.2, 0.25) is 0 Å². The number of aryl methyl sites for hydroxylation is 2. The summed E-state index contributed by atoms with van der Waals surface area (Å²) in [5, 5.41) is 7.37. The van der Waals surface area contributed by atoms with E-state index in [2.05, 4.69) is 10.4 Å². The van der Waals surface area contributed by atoms with Crippen molar-refractivity contribution in [3.8, 4) is 17.2 Å². The molecule has 0 saturated heterocycles. The van der Waals surface area contributed by atoms with Gasteiger partial charge in [-0.2, -0.15) is 5.10 Å². The number of anilines is 1. The normalized spacial score (nSPS) is 13.1. The average molecular weight is 363 g/mol. The van der Waals surface area contributed by atoms with Gasteiger partial charge in [-0.25, -0.2) is 4.68 Å². The molecule has 4 rings (SSSR count). The van der Waals surface area contributed by atoms with Crippen LogP contribution in [0.5, 0.6) is 11.5 Å². The molecule has 0 aliphatic carbocycles. The summed E-state index contributed by atoms with van der Waals surface area (Å²) in [6.45, 7) is 5.21. The van der Waals surface area contributed by atoms with E-state index in [1.165, 1.54) is 0 Å². The summed E-state index contributed by atoms with van der Waals surface area (Å²) < 4.78 is 13.1. The van der Waals surface area contributed by atoms with Gasteiger partial charge in [-0.15, -0.1) is 0 Å². The maximum Gasteiger partial charge on any atom is 0.255 e. The summed E-state index contributed by atoms with van der Waals surface area (Å²) in [5.41, 5.74) is 4.19. The number of ether oxygens (including phenoxy) is 2. The quantitative estimate of drug-likeness (QED) is 0.766. The Balaban J connectivity index is 1.50. The third kappa shape index (κ3) is 3.65. The molecular weight excluding hydrogens is 342 g/mol. The second-order valence-electron chi connectivity index (χ2n) is 6.55. The van der Waals surface area contributed by atoms with E-state index in [0.717, 1.165) is 23.5 Å². The molecule has 1 N–H and O–H groups in total. The third-order valence-electron chi connectivity index (χ3n) is 4.39. The van der Waals surface area contributed by atoms with Gasteiger partial charge in [0.1, 0.15) is 0 Å². The highest BCUT2D eigenvalue weighted by Gasteiger charge is 2.13. The van der Waals surface area contributed by atoms with Crippen LogP contribution in [-0.2, 0) is 0 Å². The lowest BCUT2D eigenvalue weighted by Crippen LogP contribution is -2.12. The number of amides is 1.